The first-order chi connectivity index (χ1) is 9.69. The topological polar surface area (TPSA) is 12.0 Å². The van der Waals surface area contributed by atoms with Crippen molar-refractivity contribution in [1.82, 2.24) is 5.32 Å². The number of hydrogen-bond acceptors (Lipinski definition) is 1. The first-order valence-electron chi connectivity index (χ1n) is 6.91. The molecular formula is C17H17Cl2N. The zero-order valence-electron chi connectivity index (χ0n) is 11.4. The van der Waals surface area contributed by atoms with Gasteiger partial charge in [0.15, 0.2) is 0 Å². The molecule has 0 bridgehead atoms. The summed E-state index contributed by atoms with van der Waals surface area (Å²) in [4.78, 5) is 0. The van der Waals surface area contributed by atoms with E-state index >= 15 is 0 Å². The third kappa shape index (κ3) is 2.58. The molecule has 1 aliphatic carbocycles. The molecule has 0 saturated heterocycles. The minimum Gasteiger partial charge on any atom is -0.313 e. The van der Waals surface area contributed by atoms with E-state index in [1.807, 2.05) is 25.2 Å². The van der Waals surface area contributed by atoms with Gasteiger partial charge < -0.3 is 5.32 Å². The average molecular weight is 306 g/mol. The van der Waals surface area contributed by atoms with Crippen LogP contribution in [0, 0.1) is 0 Å². The molecule has 1 nitrogen and oxygen atoms in total. The van der Waals surface area contributed by atoms with Crippen LogP contribution in [-0.4, -0.2) is 7.05 Å². The molecule has 2 aromatic carbocycles. The van der Waals surface area contributed by atoms with E-state index in [9.17, 15) is 0 Å². The first-order valence-corrected chi connectivity index (χ1v) is 7.66. The van der Waals surface area contributed by atoms with Gasteiger partial charge >= 0.3 is 0 Å². The highest BCUT2D eigenvalue weighted by Gasteiger charge is 2.27. The summed E-state index contributed by atoms with van der Waals surface area (Å²) in [6.45, 7) is 0. The lowest BCUT2D eigenvalue weighted by molar-refractivity contribution is 0.471. The molecule has 0 heterocycles. The summed E-state index contributed by atoms with van der Waals surface area (Å²) < 4.78 is 0. The van der Waals surface area contributed by atoms with Gasteiger partial charge in [0.1, 0.15) is 0 Å². The Morgan fingerprint density at radius 2 is 1.60 bits per heavy atom. The zero-order chi connectivity index (χ0) is 14.1. The van der Waals surface area contributed by atoms with E-state index in [1.54, 1.807) is 0 Å². The molecule has 0 saturated carbocycles. The SMILES string of the molecule is CN[C@@H]1CC[C@@H](c2ccc(Cl)cc2)c2ccc(Cl)cc21. The third-order valence-electron chi connectivity index (χ3n) is 4.16. The number of rotatable bonds is 2. The predicted molar refractivity (Wildman–Crippen MR) is 85.8 cm³/mol. The van der Waals surface area contributed by atoms with Gasteiger partial charge in [-0.1, -0.05) is 41.4 Å². The second-order valence-electron chi connectivity index (χ2n) is 5.30. The normalized spacial score (nSPS) is 21.6. The summed E-state index contributed by atoms with van der Waals surface area (Å²) in [5.74, 6) is 0.434. The van der Waals surface area contributed by atoms with E-state index in [2.05, 4.69) is 29.6 Å². The maximum atomic E-state index is 6.17. The van der Waals surface area contributed by atoms with Crippen LogP contribution in [0.3, 0.4) is 0 Å². The lowest BCUT2D eigenvalue weighted by atomic mass is 9.77. The molecule has 0 fully saturated rings. The highest BCUT2D eigenvalue weighted by molar-refractivity contribution is 6.30. The molecule has 104 valence electrons. The Morgan fingerprint density at radius 1 is 0.900 bits per heavy atom. The van der Waals surface area contributed by atoms with Gasteiger partial charge in [-0.15, -0.1) is 0 Å². The number of halogens is 2. The van der Waals surface area contributed by atoms with E-state index in [4.69, 9.17) is 23.2 Å². The Hall–Kier alpha value is -1.02. The average Bonchev–Trinajstić information content (AvgIpc) is 2.47. The van der Waals surface area contributed by atoms with Crippen LogP contribution in [0.25, 0.3) is 0 Å². The molecule has 0 aliphatic heterocycles. The molecule has 3 heteroatoms. The monoisotopic (exact) mass is 305 g/mol. The second kappa shape index (κ2) is 5.77. The van der Waals surface area contributed by atoms with Gasteiger partial charge in [0, 0.05) is 22.0 Å². The molecule has 0 unspecified atom stereocenters. The maximum Gasteiger partial charge on any atom is 0.0409 e. The fourth-order valence-electron chi connectivity index (χ4n) is 3.15. The van der Waals surface area contributed by atoms with Gasteiger partial charge in [-0.2, -0.15) is 0 Å². The number of nitrogens with one attached hydrogen (secondary N) is 1. The molecule has 3 rings (SSSR count). The minimum absolute atomic E-state index is 0.396. The summed E-state index contributed by atoms with van der Waals surface area (Å²) in [5.41, 5.74) is 4.03. The fourth-order valence-corrected chi connectivity index (χ4v) is 3.46. The van der Waals surface area contributed by atoms with Crippen molar-refractivity contribution in [3.05, 3.63) is 69.2 Å². The maximum absolute atomic E-state index is 6.17. The molecule has 2 atom stereocenters. The summed E-state index contributed by atoms with van der Waals surface area (Å²) in [5, 5.41) is 4.98. The molecule has 1 N–H and O–H groups in total. The highest BCUT2D eigenvalue weighted by atomic mass is 35.5. The molecule has 0 radical (unpaired) electrons. The van der Waals surface area contributed by atoms with Crippen molar-refractivity contribution in [2.75, 3.05) is 7.05 Å². The van der Waals surface area contributed by atoms with Crippen LogP contribution in [0.15, 0.2) is 42.5 Å². The van der Waals surface area contributed by atoms with Crippen LogP contribution in [0.5, 0.6) is 0 Å². The van der Waals surface area contributed by atoms with Crippen molar-refractivity contribution in [1.29, 1.82) is 0 Å². The molecule has 1 aliphatic rings. The molecule has 0 amide bonds. The summed E-state index contributed by atoms with van der Waals surface area (Å²) in [6, 6.07) is 14.8. The summed E-state index contributed by atoms with van der Waals surface area (Å²) in [7, 11) is 2.01. The van der Waals surface area contributed by atoms with Gasteiger partial charge in [0.2, 0.25) is 0 Å². The molecule has 2 aromatic rings. The van der Waals surface area contributed by atoms with E-state index in [1.165, 1.54) is 16.7 Å². The van der Waals surface area contributed by atoms with Crippen LogP contribution >= 0.6 is 23.2 Å². The smallest absolute Gasteiger partial charge is 0.0409 e. The number of fused-ring (bicyclic) bond motifs is 1. The summed E-state index contributed by atoms with van der Waals surface area (Å²) >= 11 is 12.2. The van der Waals surface area contributed by atoms with Gasteiger partial charge in [0.05, 0.1) is 0 Å². The van der Waals surface area contributed by atoms with Gasteiger partial charge in [-0.05, 0) is 60.8 Å². The fraction of sp³-hybridized carbons (Fsp3) is 0.294. The van der Waals surface area contributed by atoms with Crippen molar-refractivity contribution in [3.8, 4) is 0 Å². The van der Waals surface area contributed by atoms with Gasteiger partial charge in [-0.3, -0.25) is 0 Å². The Morgan fingerprint density at radius 3 is 2.30 bits per heavy atom. The number of benzene rings is 2. The quantitative estimate of drug-likeness (QED) is 0.806. The lowest BCUT2D eigenvalue weighted by Crippen LogP contribution is -2.24. The first kappa shape index (κ1) is 13.9. The Labute approximate surface area is 129 Å². The molecule has 20 heavy (non-hydrogen) atoms. The lowest BCUT2D eigenvalue weighted by Gasteiger charge is -2.32. The molecular weight excluding hydrogens is 289 g/mol. The van der Waals surface area contributed by atoms with Crippen LogP contribution in [-0.2, 0) is 0 Å². The molecule has 0 aromatic heterocycles. The van der Waals surface area contributed by atoms with E-state index in [0.29, 0.717) is 12.0 Å². The van der Waals surface area contributed by atoms with E-state index in [-0.39, 0.29) is 0 Å². The van der Waals surface area contributed by atoms with Crippen molar-refractivity contribution in [2.24, 2.45) is 0 Å². The van der Waals surface area contributed by atoms with Crippen molar-refractivity contribution >= 4 is 23.2 Å². The van der Waals surface area contributed by atoms with Crippen molar-refractivity contribution in [2.45, 2.75) is 24.8 Å². The van der Waals surface area contributed by atoms with Gasteiger partial charge in [0.25, 0.3) is 0 Å². The third-order valence-corrected chi connectivity index (χ3v) is 4.65. The van der Waals surface area contributed by atoms with E-state index in [0.717, 1.165) is 22.9 Å². The van der Waals surface area contributed by atoms with Crippen LogP contribution in [0.1, 0.15) is 41.5 Å². The second-order valence-corrected chi connectivity index (χ2v) is 6.17. The Kier molecular flexibility index (Phi) is 4.02. The standard InChI is InChI=1S/C17H17Cl2N/c1-20-17-9-8-14(11-2-4-12(18)5-3-11)15-7-6-13(19)10-16(15)17/h2-7,10,14,17,20H,8-9H2,1H3/t14-,17+/m0/s1. The Balaban J connectivity index is 2.05. The predicted octanol–water partition coefficient (Wildman–Crippen LogP) is 5.18. The summed E-state index contributed by atoms with van der Waals surface area (Å²) in [6.07, 6.45) is 2.26. The zero-order valence-corrected chi connectivity index (χ0v) is 12.9. The highest BCUT2D eigenvalue weighted by Crippen LogP contribution is 2.42. The number of hydrogen-bond donors (Lipinski definition) is 1. The van der Waals surface area contributed by atoms with Gasteiger partial charge in [-0.25, -0.2) is 0 Å². The van der Waals surface area contributed by atoms with Crippen molar-refractivity contribution in [3.63, 3.8) is 0 Å². The van der Waals surface area contributed by atoms with Crippen LogP contribution in [0.2, 0.25) is 10.0 Å². The minimum atomic E-state index is 0.396. The Bertz CT molecular complexity index is 607. The van der Waals surface area contributed by atoms with Crippen LogP contribution in [0.4, 0.5) is 0 Å². The molecule has 0 spiro atoms. The van der Waals surface area contributed by atoms with Crippen molar-refractivity contribution < 1.29 is 0 Å². The largest absolute Gasteiger partial charge is 0.313 e. The van der Waals surface area contributed by atoms with Crippen LogP contribution < -0.4 is 5.32 Å². The van der Waals surface area contributed by atoms with E-state index < -0.39 is 0 Å².